The minimum absolute atomic E-state index is 0.125. The summed E-state index contributed by atoms with van der Waals surface area (Å²) in [5.41, 5.74) is 2.21. The van der Waals surface area contributed by atoms with Gasteiger partial charge in [-0.3, -0.25) is 0 Å². The molecule has 1 aromatic rings. The van der Waals surface area contributed by atoms with Crippen LogP contribution in [-0.2, 0) is 11.3 Å². The predicted octanol–water partition coefficient (Wildman–Crippen LogP) is 3.66. The highest BCUT2D eigenvalue weighted by atomic mass is 16.5. The second-order valence-corrected chi connectivity index (χ2v) is 5.40. The maximum Gasteiger partial charge on any atom is 0.0720 e. The second kappa shape index (κ2) is 8.79. The highest BCUT2D eigenvalue weighted by Crippen LogP contribution is 2.20. The number of rotatable bonds is 4. The van der Waals surface area contributed by atoms with E-state index in [2.05, 4.69) is 24.0 Å². The van der Waals surface area contributed by atoms with Crippen LogP contribution >= 0.6 is 0 Å². The SMILES string of the molecule is OCCC#Cc1ccc(COC2CCCCCC2)cc1. The Kier molecular flexibility index (Phi) is 6.63. The van der Waals surface area contributed by atoms with E-state index in [1.54, 1.807) is 0 Å². The zero-order chi connectivity index (χ0) is 14.0. The van der Waals surface area contributed by atoms with Gasteiger partial charge in [0.15, 0.2) is 0 Å². The lowest BCUT2D eigenvalue weighted by molar-refractivity contribution is 0.0310. The maximum absolute atomic E-state index is 8.68. The normalized spacial score (nSPS) is 16.2. The average molecular weight is 272 g/mol. The summed E-state index contributed by atoms with van der Waals surface area (Å²) in [4.78, 5) is 0. The molecule has 0 amide bonds. The summed E-state index contributed by atoms with van der Waals surface area (Å²) in [6, 6.07) is 8.21. The lowest BCUT2D eigenvalue weighted by Crippen LogP contribution is -2.11. The molecule has 0 spiro atoms. The maximum atomic E-state index is 8.68. The van der Waals surface area contributed by atoms with E-state index in [9.17, 15) is 0 Å². The number of ether oxygens (including phenoxy) is 1. The van der Waals surface area contributed by atoms with E-state index in [1.807, 2.05) is 12.1 Å². The second-order valence-electron chi connectivity index (χ2n) is 5.40. The van der Waals surface area contributed by atoms with E-state index in [-0.39, 0.29) is 6.61 Å². The topological polar surface area (TPSA) is 29.5 Å². The summed E-state index contributed by atoms with van der Waals surface area (Å²) in [6.07, 6.45) is 8.75. The Bertz CT molecular complexity index is 431. The van der Waals surface area contributed by atoms with Crippen LogP contribution in [-0.4, -0.2) is 17.8 Å². The molecule has 2 heteroatoms. The molecular formula is C18H24O2. The largest absolute Gasteiger partial charge is 0.395 e. The minimum Gasteiger partial charge on any atom is -0.395 e. The van der Waals surface area contributed by atoms with Gasteiger partial charge in [-0.25, -0.2) is 0 Å². The van der Waals surface area contributed by atoms with E-state index in [0.717, 1.165) is 5.56 Å². The summed E-state index contributed by atoms with van der Waals surface area (Å²) in [5, 5.41) is 8.68. The summed E-state index contributed by atoms with van der Waals surface area (Å²) >= 11 is 0. The van der Waals surface area contributed by atoms with Crippen LogP contribution in [0.3, 0.4) is 0 Å². The number of benzene rings is 1. The van der Waals surface area contributed by atoms with Crippen LogP contribution < -0.4 is 0 Å². The van der Waals surface area contributed by atoms with E-state index in [0.29, 0.717) is 19.1 Å². The molecule has 1 aliphatic rings. The van der Waals surface area contributed by atoms with Gasteiger partial charge in [0.2, 0.25) is 0 Å². The molecule has 0 aromatic heterocycles. The van der Waals surface area contributed by atoms with Crippen molar-refractivity contribution in [2.45, 2.75) is 57.7 Å². The molecule has 0 heterocycles. The fraction of sp³-hybridized carbons (Fsp3) is 0.556. The van der Waals surface area contributed by atoms with Gasteiger partial charge in [0, 0.05) is 12.0 Å². The molecular weight excluding hydrogens is 248 g/mol. The molecule has 0 radical (unpaired) electrons. The van der Waals surface area contributed by atoms with E-state index in [1.165, 1.54) is 44.1 Å². The first-order valence-corrected chi connectivity index (χ1v) is 7.69. The summed E-state index contributed by atoms with van der Waals surface area (Å²) in [7, 11) is 0. The zero-order valence-electron chi connectivity index (χ0n) is 12.1. The van der Waals surface area contributed by atoms with Crippen molar-refractivity contribution in [3.05, 3.63) is 35.4 Å². The van der Waals surface area contributed by atoms with Gasteiger partial charge in [-0.2, -0.15) is 0 Å². The van der Waals surface area contributed by atoms with Crippen LogP contribution in [0, 0.1) is 11.8 Å². The number of aliphatic hydroxyl groups excluding tert-OH is 1. The van der Waals surface area contributed by atoms with Crippen LogP contribution in [0.2, 0.25) is 0 Å². The van der Waals surface area contributed by atoms with Crippen LogP contribution in [0.5, 0.6) is 0 Å². The van der Waals surface area contributed by atoms with Crippen molar-refractivity contribution in [1.82, 2.24) is 0 Å². The molecule has 0 aliphatic heterocycles. The summed E-state index contributed by atoms with van der Waals surface area (Å²) in [6.45, 7) is 0.829. The minimum atomic E-state index is 0.125. The summed E-state index contributed by atoms with van der Waals surface area (Å²) < 4.78 is 6.02. The molecule has 0 saturated heterocycles. The van der Waals surface area contributed by atoms with E-state index >= 15 is 0 Å². The van der Waals surface area contributed by atoms with E-state index in [4.69, 9.17) is 9.84 Å². The Hall–Kier alpha value is -1.30. The van der Waals surface area contributed by atoms with Crippen molar-refractivity contribution in [3.8, 4) is 11.8 Å². The van der Waals surface area contributed by atoms with Gasteiger partial charge in [0.05, 0.1) is 19.3 Å². The molecule has 20 heavy (non-hydrogen) atoms. The molecule has 1 N–H and O–H groups in total. The first kappa shape index (κ1) is 15.1. The Labute approximate surface area is 122 Å². The van der Waals surface area contributed by atoms with Crippen molar-refractivity contribution >= 4 is 0 Å². The standard InChI is InChI=1S/C18H24O2/c19-14-6-5-7-16-10-12-17(13-11-16)15-20-18-8-3-1-2-4-9-18/h10-13,18-19H,1-4,6,8-9,14-15H2. The van der Waals surface area contributed by atoms with Gasteiger partial charge in [-0.1, -0.05) is 49.7 Å². The third kappa shape index (κ3) is 5.36. The molecule has 2 rings (SSSR count). The Morgan fingerprint density at radius 2 is 1.75 bits per heavy atom. The molecule has 2 nitrogen and oxygen atoms in total. The van der Waals surface area contributed by atoms with E-state index < -0.39 is 0 Å². The third-order valence-electron chi connectivity index (χ3n) is 3.71. The van der Waals surface area contributed by atoms with Crippen LogP contribution in [0.4, 0.5) is 0 Å². The molecule has 1 fully saturated rings. The van der Waals surface area contributed by atoms with Gasteiger partial charge < -0.3 is 9.84 Å². The van der Waals surface area contributed by atoms with Crippen LogP contribution in [0.15, 0.2) is 24.3 Å². The van der Waals surface area contributed by atoms with Gasteiger partial charge >= 0.3 is 0 Å². The first-order chi connectivity index (χ1) is 9.88. The lowest BCUT2D eigenvalue weighted by atomic mass is 10.1. The monoisotopic (exact) mass is 272 g/mol. The molecule has 108 valence electrons. The van der Waals surface area contributed by atoms with Gasteiger partial charge in [-0.15, -0.1) is 0 Å². The van der Waals surface area contributed by atoms with Crippen LogP contribution in [0.1, 0.15) is 56.1 Å². The molecule has 0 atom stereocenters. The van der Waals surface area contributed by atoms with Crippen molar-refractivity contribution in [2.75, 3.05) is 6.61 Å². The van der Waals surface area contributed by atoms with Crippen molar-refractivity contribution in [2.24, 2.45) is 0 Å². The highest BCUT2D eigenvalue weighted by molar-refractivity contribution is 5.35. The van der Waals surface area contributed by atoms with Crippen LogP contribution in [0.25, 0.3) is 0 Å². The summed E-state index contributed by atoms with van der Waals surface area (Å²) in [5.74, 6) is 5.97. The lowest BCUT2D eigenvalue weighted by Gasteiger charge is -2.15. The Morgan fingerprint density at radius 1 is 1.05 bits per heavy atom. The van der Waals surface area contributed by atoms with Crippen molar-refractivity contribution in [1.29, 1.82) is 0 Å². The number of hydrogen-bond donors (Lipinski definition) is 1. The molecule has 1 aliphatic carbocycles. The van der Waals surface area contributed by atoms with Gasteiger partial charge in [-0.05, 0) is 30.5 Å². The fourth-order valence-electron chi connectivity index (χ4n) is 2.53. The van der Waals surface area contributed by atoms with Crippen molar-refractivity contribution < 1.29 is 9.84 Å². The quantitative estimate of drug-likeness (QED) is 0.669. The first-order valence-electron chi connectivity index (χ1n) is 7.69. The Balaban J connectivity index is 1.80. The molecule has 0 unspecified atom stereocenters. The molecule has 1 saturated carbocycles. The van der Waals surface area contributed by atoms with Gasteiger partial charge in [0.1, 0.15) is 0 Å². The predicted molar refractivity (Wildman–Crippen MR) is 81.3 cm³/mol. The third-order valence-corrected chi connectivity index (χ3v) is 3.71. The highest BCUT2D eigenvalue weighted by Gasteiger charge is 2.12. The van der Waals surface area contributed by atoms with Gasteiger partial charge in [0.25, 0.3) is 0 Å². The molecule has 0 bridgehead atoms. The molecule has 1 aromatic carbocycles. The average Bonchev–Trinajstić information content (AvgIpc) is 2.75. The zero-order valence-corrected chi connectivity index (χ0v) is 12.1. The Morgan fingerprint density at radius 3 is 2.40 bits per heavy atom. The fourth-order valence-corrected chi connectivity index (χ4v) is 2.53. The number of aliphatic hydroxyl groups is 1. The van der Waals surface area contributed by atoms with Crippen molar-refractivity contribution in [3.63, 3.8) is 0 Å². The number of hydrogen-bond acceptors (Lipinski definition) is 2. The smallest absolute Gasteiger partial charge is 0.0720 e.